The van der Waals surface area contributed by atoms with Crippen molar-refractivity contribution in [2.75, 3.05) is 7.11 Å². The summed E-state index contributed by atoms with van der Waals surface area (Å²) in [7, 11) is 1.58. The molecule has 1 aromatic heterocycles. The second-order valence-corrected chi connectivity index (χ2v) is 4.24. The van der Waals surface area contributed by atoms with E-state index in [0.717, 1.165) is 20.9 Å². The molecular formula is C11H10BrNO3. The number of aromatic nitrogens is 1. The molecule has 0 aliphatic carbocycles. The Morgan fingerprint density at radius 3 is 2.94 bits per heavy atom. The highest BCUT2D eigenvalue weighted by Crippen LogP contribution is 2.34. The van der Waals surface area contributed by atoms with Gasteiger partial charge in [-0.05, 0) is 27.6 Å². The van der Waals surface area contributed by atoms with Gasteiger partial charge in [0.1, 0.15) is 0 Å². The van der Waals surface area contributed by atoms with Gasteiger partial charge in [0, 0.05) is 11.6 Å². The van der Waals surface area contributed by atoms with Gasteiger partial charge in [0.15, 0.2) is 5.75 Å². The minimum atomic E-state index is -0.845. The standard InChI is InChI=1S/C11H10BrNO3/c1-16-11-8(12)3-2-7-6(4-9(14)15)5-13-10(7)11/h2-3,5,13H,4H2,1H3,(H,14,15). The molecule has 2 aromatic rings. The van der Waals surface area contributed by atoms with Crippen molar-refractivity contribution >= 4 is 32.8 Å². The zero-order valence-corrected chi connectivity index (χ0v) is 10.2. The molecule has 0 aliphatic heterocycles. The molecule has 0 amide bonds. The minimum Gasteiger partial charge on any atom is -0.493 e. The van der Waals surface area contributed by atoms with Gasteiger partial charge in [-0.15, -0.1) is 0 Å². The van der Waals surface area contributed by atoms with E-state index in [9.17, 15) is 4.79 Å². The number of carboxylic acids is 1. The van der Waals surface area contributed by atoms with Crippen LogP contribution in [0.2, 0.25) is 0 Å². The van der Waals surface area contributed by atoms with E-state index in [4.69, 9.17) is 9.84 Å². The van der Waals surface area contributed by atoms with Gasteiger partial charge in [-0.25, -0.2) is 0 Å². The number of carboxylic acid groups (broad SMARTS) is 1. The fourth-order valence-electron chi connectivity index (χ4n) is 1.71. The predicted octanol–water partition coefficient (Wildman–Crippen LogP) is 2.57. The SMILES string of the molecule is COc1c(Br)ccc2c(CC(=O)O)c[nH]c12. The summed E-state index contributed by atoms with van der Waals surface area (Å²) in [5.74, 6) is -0.156. The van der Waals surface area contributed by atoms with Crippen molar-refractivity contribution in [3.8, 4) is 5.75 Å². The maximum absolute atomic E-state index is 10.7. The van der Waals surface area contributed by atoms with Crippen molar-refractivity contribution in [2.45, 2.75) is 6.42 Å². The minimum absolute atomic E-state index is 0.00475. The van der Waals surface area contributed by atoms with Crippen LogP contribution in [0.5, 0.6) is 5.75 Å². The maximum atomic E-state index is 10.7. The van der Waals surface area contributed by atoms with Gasteiger partial charge in [-0.3, -0.25) is 4.79 Å². The van der Waals surface area contributed by atoms with Crippen LogP contribution in [0, 0.1) is 0 Å². The van der Waals surface area contributed by atoms with Gasteiger partial charge in [-0.1, -0.05) is 6.07 Å². The van der Waals surface area contributed by atoms with Gasteiger partial charge in [0.2, 0.25) is 0 Å². The average molecular weight is 284 g/mol. The molecule has 0 atom stereocenters. The van der Waals surface area contributed by atoms with E-state index in [1.165, 1.54) is 0 Å². The Morgan fingerprint density at radius 1 is 1.56 bits per heavy atom. The van der Waals surface area contributed by atoms with Gasteiger partial charge >= 0.3 is 5.97 Å². The molecule has 1 heterocycles. The molecule has 0 unspecified atom stereocenters. The molecule has 2 rings (SSSR count). The number of aromatic amines is 1. The van der Waals surface area contributed by atoms with Crippen LogP contribution >= 0.6 is 15.9 Å². The molecule has 0 saturated carbocycles. The molecule has 5 heteroatoms. The first-order chi connectivity index (χ1) is 7.63. The molecule has 84 valence electrons. The van der Waals surface area contributed by atoms with Crippen LogP contribution in [0.1, 0.15) is 5.56 Å². The van der Waals surface area contributed by atoms with E-state index < -0.39 is 5.97 Å². The number of fused-ring (bicyclic) bond motifs is 1. The molecule has 0 radical (unpaired) electrons. The van der Waals surface area contributed by atoms with Crippen LogP contribution < -0.4 is 4.74 Å². The van der Waals surface area contributed by atoms with Gasteiger partial charge < -0.3 is 14.8 Å². The van der Waals surface area contributed by atoms with Crippen LogP contribution in [0.25, 0.3) is 10.9 Å². The number of H-pyrrole nitrogens is 1. The number of aliphatic carboxylic acids is 1. The van der Waals surface area contributed by atoms with Crippen molar-refractivity contribution in [1.82, 2.24) is 4.98 Å². The number of ether oxygens (including phenoxy) is 1. The fourth-order valence-corrected chi connectivity index (χ4v) is 2.21. The molecule has 0 fully saturated rings. The summed E-state index contributed by atoms with van der Waals surface area (Å²) in [6.07, 6.45) is 1.71. The zero-order chi connectivity index (χ0) is 11.7. The van der Waals surface area contributed by atoms with Crippen molar-refractivity contribution in [3.63, 3.8) is 0 Å². The quantitative estimate of drug-likeness (QED) is 0.910. The molecule has 0 aliphatic rings. The topological polar surface area (TPSA) is 62.3 Å². The number of rotatable bonds is 3. The predicted molar refractivity (Wildman–Crippen MR) is 63.9 cm³/mol. The van der Waals surface area contributed by atoms with E-state index in [1.807, 2.05) is 12.1 Å². The summed E-state index contributed by atoms with van der Waals surface area (Å²) in [4.78, 5) is 13.7. The monoisotopic (exact) mass is 283 g/mol. The summed E-state index contributed by atoms with van der Waals surface area (Å²) in [5, 5.41) is 9.65. The first kappa shape index (κ1) is 11.0. The normalized spacial score (nSPS) is 10.6. The third-order valence-electron chi connectivity index (χ3n) is 2.39. The number of carbonyl (C=O) groups is 1. The first-order valence-corrected chi connectivity index (χ1v) is 5.47. The lowest BCUT2D eigenvalue weighted by molar-refractivity contribution is -0.136. The number of nitrogens with one attached hydrogen (secondary N) is 1. The van der Waals surface area contributed by atoms with E-state index >= 15 is 0 Å². The Bertz CT molecular complexity index is 547. The van der Waals surface area contributed by atoms with Crippen molar-refractivity contribution < 1.29 is 14.6 Å². The summed E-state index contributed by atoms with van der Waals surface area (Å²) in [5.41, 5.74) is 1.57. The molecule has 0 bridgehead atoms. The highest BCUT2D eigenvalue weighted by Gasteiger charge is 2.12. The number of hydrogen-bond acceptors (Lipinski definition) is 2. The van der Waals surface area contributed by atoms with Crippen molar-refractivity contribution in [2.24, 2.45) is 0 Å². The lowest BCUT2D eigenvalue weighted by Gasteiger charge is -2.04. The Balaban J connectivity index is 2.61. The Kier molecular flexibility index (Phi) is 2.87. The smallest absolute Gasteiger partial charge is 0.307 e. The lowest BCUT2D eigenvalue weighted by atomic mass is 10.1. The highest BCUT2D eigenvalue weighted by atomic mass is 79.9. The second kappa shape index (κ2) is 4.17. The van der Waals surface area contributed by atoms with Crippen molar-refractivity contribution in [3.05, 3.63) is 28.4 Å². The van der Waals surface area contributed by atoms with Crippen LogP contribution in [0.15, 0.2) is 22.8 Å². The zero-order valence-electron chi connectivity index (χ0n) is 8.58. The van der Waals surface area contributed by atoms with Crippen molar-refractivity contribution in [1.29, 1.82) is 0 Å². The number of benzene rings is 1. The molecule has 4 nitrogen and oxygen atoms in total. The fraction of sp³-hybridized carbons (Fsp3) is 0.182. The average Bonchev–Trinajstić information content (AvgIpc) is 2.60. The summed E-state index contributed by atoms with van der Waals surface area (Å²) in [6, 6.07) is 3.72. The van der Waals surface area contributed by atoms with E-state index in [2.05, 4.69) is 20.9 Å². The summed E-state index contributed by atoms with van der Waals surface area (Å²) >= 11 is 3.38. The highest BCUT2D eigenvalue weighted by molar-refractivity contribution is 9.10. The van der Waals surface area contributed by atoms with E-state index in [0.29, 0.717) is 5.75 Å². The van der Waals surface area contributed by atoms with Crippen LogP contribution in [0.3, 0.4) is 0 Å². The number of methoxy groups -OCH3 is 1. The van der Waals surface area contributed by atoms with Gasteiger partial charge in [0.05, 0.1) is 23.5 Å². The molecule has 16 heavy (non-hydrogen) atoms. The Labute approximate surface area is 100 Å². The summed E-state index contributed by atoms with van der Waals surface area (Å²) < 4.78 is 6.09. The van der Waals surface area contributed by atoms with E-state index in [-0.39, 0.29) is 6.42 Å². The molecular weight excluding hydrogens is 274 g/mol. The van der Waals surface area contributed by atoms with Gasteiger partial charge in [0.25, 0.3) is 0 Å². The van der Waals surface area contributed by atoms with Gasteiger partial charge in [-0.2, -0.15) is 0 Å². The van der Waals surface area contributed by atoms with E-state index in [1.54, 1.807) is 13.3 Å². The Hall–Kier alpha value is -1.49. The second-order valence-electron chi connectivity index (χ2n) is 3.39. The van der Waals surface area contributed by atoms with Crippen LogP contribution in [-0.2, 0) is 11.2 Å². The Morgan fingerprint density at radius 2 is 2.31 bits per heavy atom. The first-order valence-electron chi connectivity index (χ1n) is 4.67. The lowest BCUT2D eigenvalue weighted by Crippen LogP contribution is -1.98. The van der Waals surface area contributed by atoms with Crippen LogP contribution in [0.4, 0.5) is 0 Å². The largest absolute Gasteiger partial charge is 0.493 e. The molecule has 0 spiro atoms. The molecule has 0 saturated heterocycles. The molecule has 1 aromatic carbocycles. The number of halogens is 1. The molecule has 2 N–H and O–H groups in total. The summed E-state index contributed by atoms with van der Waals surface area (Å²) in [6.45, 7) is 0. The van der Waals surface area contributed by atoms with Crippen LogP contribution in [-0.4, -0.2) is 23.2 Å². The third-order valence-corrected chi connectivity index (χ3v) is 3.02. The maximum Gasteiger partial charge on any atom is 0.307 e. The third kappa shape index (κ3) is 1.78. The number of hydrogen-bond donors (Lipinski definition) is 2.